The highest BCUT2D eigenvalue weighted by Crippen LogP contribution is 2.42. The average Bonchev–Trinajstić information content (AvgIpc) is 2.93. The number of nitrogens with one attached hydrogen (secondary N) is 1. The SMILES string of the molecule is CC(C)[Si](OC[C@](O)(CO)CC[C@H](NC(=O)OCc1ccccc1)C(=O)OCc1ccccc1)(C(C)C)C(C)C. The van der Waals surface area contributed by atoms with Crippen molar-refractivity contribution in [1.29, 1.82) is 0 Å². The first kappa shape index (κ1) is 33.5. The summed E-state index contributed by atoms with van der Waals surface area (Å²) in [5, 5.41) is 24.0. The smallest absolute Gasteiger partial charge is 0.408 e. The fourth-order valence-electron chi connectivity index (χ4n) is 5.35. The quantitative estimate of drug-likeness (QED) is 0.174. The number of ether oxygens (including phenoxy) is 2. The minimum Gasteiger partial charge on any atom is -0.459 e. The summed E-state index contributed by atoms with van der Waals surface area (Å²) < 4.78 is 17.3. The van der Waals surface area contributed by atoms with E-state index < -0.39 is 38.6 Å². The van der Waals surface area contributed by atoms with Crippen molar-refractivity contribution in [2.75, 3.05) is 13.2 Å². The van der Waals surface area contributed by atoms with E-state index in [1.165, 1.54) is 0 Å². The maximum absolute atomic E-state index is 13.1. The topological polar surface area (TPSA) is 114 Å². The maximum atomic E-state index is 13.1. The standard InChI is InChI=1S/C31H47NO7Si/c1-23(2)40(24(3)4,25(5)6)39-22-31(36,21-33)18-17-28(29(34)37-19-26-13-9-7-10-14-26)32-30(35)38-20-27-15-11-8-12-16-27/h7-16,23-25,28,33,36H,17-22H2,1-6H3,(H,32,35)/t28-,31+/m0/s1. The van der Waals surface area contributed by atoms with Crippen LogP contribution in [0.3, 0.4) is 0 Å². The number of rotatable bonds is 16. The van der Waals surface area contributed by atoms with Crippen molar-refractivity contribution in [2.24, 2.45) is 0 Å². The zero-order valence-corrected chi connectivity index (χ0v) is 25.8. The average molecular weight is 574 g/mol. The molecule has 9 heteroatoms. The summed E-state index contributed by atoms with van der Waals surface area (Å²) in [5.41, 5.74) is 0.927. The predicted octanol–water partition coefficient (Wildman–Crippen LogP) is 5.72. The van der Waals surface area contributed by atoms with Gasteiger partial charge >= 0.3 is 12.1 Å². The Morgan fingerprint density at radius 1 is 0.825 bits per heavy atom. The lowest BCUT2D eigenvalue weighted by molar-refractivity contribution is -0.148. The summed E-state index contributed by atoms with van der Waals surface area (Å²) in [4.78, 5) is 25.7. The molecule has 0 spiro atoms. The molecule has 2 aromatic rings. The van der Waals surface area contributed by atoms with Gasteiger partial charge < -0.3 is 29.4 Å². The number of carbonyl (C=O) groups excluding carboxylic acids is 2. The number of alkyl carbamates (subject to hydrolysis) is 1. The summed E-state index contributed by atoms with van der Waals surface area (Å²) in [6, 6.07) is 17.3. The van der Waals surface area contributed by atoms with Crippen LogP contribution in [0.4, 0.5) is 4.79 Å². The highest BCUT2D eigenvalue weighted by Gasteiger charge is 2.46. The van der Waals surface area contributed by atoms with Crippen LogP contribution in [0.15, 0.2) is 60.7 Å². The van der Waals surface area contributed by atoms with Gasteiger partial charge in [-0.25, -0.2) is 9.59 Å². The molecule has 0 saturated carbocycles. The van der Waals surface area contributed by atoms with Crippen LogP contribution < -0.4 is 5.32 Å². The lowest BCUT2D eigenvalue weighted by Gasteiger charge is -2.44. The zero-order valence-electron chi connectivity index (χ0n) is 24.8. The van der Waals surface area contributed by atoms with Crippen LogP contribution in [0.1, 0.15) is 65.5 Å². The van der Waals surface area contributed by atoms with Crippen molar-refractivity contribution in [2.45, 2.75) is 95.9 Å². The van der Waals surface area contributed by atoms with E-state index >= 15 is 0 Å². The lowest BCUT2D eigenvalue weighted by Crippen LogP contribution is -2.52. The zero-order chi connectivity index (χ0) is 29.8. The first-order valence-corrected chi connectivity index (χ1v) is 16.2. The molecule has 0 aromatic heterocycles. The second kappa shape index (κ2) is 15.9. The second-order valence-electron chi connectivity index (χ2n) is 11.4. The summed E-state index contributed by atoms with van der Waals surface area (Å²) >= 11 is 0. The third kappa shape index (κ3) is 9.73. The largest absolute Gasteiger partial charge is 0.459 e. The molecule has 0 saturated heterocycles. The summed E-state index contributed by atoms with van der Waals surface area (Å²) in [6.07, 6.45) is -0.749. The normalized spacial score (nSPS) is 14.2. The van der Waals surface area contributed by atoms with Gasteiger partial charge in [-0.2, -0.15) is 0 Å². The van der Waals surface area contributed by atoms with Gasteiger partial charge in [0.2, 0.25) is 0 Å². The van der Waals surface area contributed by atoms with Gasteiger partial charge in [0, 0.05) is 0 Å². The molecule has 2 rings (SSSR count). The molecule has 0 aliphatic heterocycles. The van der Waals surface area contributed by atoms with Crippen LogP contribution in [-0.4, -0.2) is 55.4 Å². The molecule has 3 N–H and O–H groups in total. The van der Waals surface area contributed by atoms with Gasteiger partial charge in [-0.1, -0.05) is 102 Å². The Morgan fingerprint density at radius 2 is 1.30 bits per heavy atom. The Morgan fingerprint density at radius 3 is 1.75 bits per heavy atom. The number of aliphatic hydroxyl groups excluding tert-OH is 1. The summed E-state index contributed by atoms with van der Waals surface area (Å²) in [7, 11) is -2.30. The second-order valence-corrected chi connectivity index (χ2v) is 16.8. The number of hydrogen-bond acceptors (Lipinski definition) is 7. The number of benzene rings is 2. The van der Waals surface area contributed by atoms with Crippen LogP contribution in [0.2, 0.25) is 16.6 Å². The fourth-order valence-corrected chi connectivity index (χ4v) is 10.9. The van der Waals surface area contributed by atoms with Crippen molar-refractivity contribution in [1.82, 2.24) is 5.32 Å². The van der Waals surface area contributed by atoms with Crippen LogP contribution in [-0.2, 0) is 31.9 Å². The minimum atomic E-state index is -2.30. The maximum Gasteiger partial charge on any atom is 0.408 e. The van der Waals surface area contributed by atoms with Crippen molar-refractivity contribution >= 4 is 20.4 Å². The molecule has 40 heavy (non-hydrogen) atoms. The van der Waals surface area contributed by atoms with Crippen LogP contribution in [0, 0.1) is 0 Å². The summed E-state index contributed by atoms with van der Waals surface area (Å²) in [6.45, 7) is 12.4. The number of amides is 1. The van der Waals surface area contributed by atoms with Crippen LogP contribution in [0.25, 0.3) is 0 Å². The molecule has 8 nitrogen and oxygen atoms in total. The van der Waals surface area contributed by atoms with Crippen LogP contribution in [0.5, 0.6) is 0 Å². The van der Waals surface area contributed by atoms with Crippen LogP contribution >= 0.6 is 0 Å². The Hall–Kier alpha value is -2.72. The molecule has 0 bridgehead atoms. The minimum absolute atomic E-state index is 0.00628. The molecule has 0 radical (unpaired) electrons. The molecular formula is C31H47NO7Si. The van der Waals surface area contributed by atoms with Gasteiger partial charge in [0.1, 0.15) is 24.9 Å². The van der Waals surface area contributed by atoms with E-state index in [1.54, 1.807) is 0 Å². The van der Waals surface area contributed by atoms with Crippen molar-refractivity contribution in [3.63, 3.8) is 0 Å². The molecule has 0 fully saturated rings. The van der Waals surface area contributed by atoms with E-state index in [0.29, 0.717) is 16.6 Å². The van der Waals surface area contributed by atoms with E-state index in [9.17, 15) is 19.8 Å². The van der Waals surface area contributed by atoms with Gasteiger partial charge in [-0.05, 0) is 40.6 Å². The fraction of sp³-hybridized carbons (Fsp3) is 0.548. The Balaban J connectivity index is 2.11. The molecule has 1 amide bonds. The lowest BCUT2D eigenvalue weighted by atomic mass is 9.96. The van der Waals surface area contributed by atoms with E-state index in [4.69, 9.17) is 13.9 Å². The molecule has 0 aliphatic carbocycles. The first-order chi connectivity index (χ1) is 18.9. The number of esters is 1. The molecule has 0 heterocycles. The third-order valence-corrected chi connectivity index (χ3v) is 13.6. The highest BCUT2D eigenvalue weighted by atomic mass is 28.4. The van der Waals surface area contributed by atoms with Gasteiger partial charge in [-0.15, -0.1) is 0 Å². The monoisotopic (exact) mass is 573 g/mol. The number of hydrogen-bond donors (Lipinski definition) is 3. The van der Waals surface area contributed by atoms with Gasteiger partial charge in [0.25, 0.3) is 0 Å². The van der Waals surface area contributed by atoms with Crippen molar-refractivity contribution in [3.8, 4) is 0 Å². The first-order valence-electron chi connectivity index (χ1n) is 14.1. The predicted molar refractivity (Wildman–Crippen MR) is 158 cm³/mol. The van der Waals surface area contributed by atoms with Crippen molar-refractivity contribution < 1.29 is 33.7 Å². The Kier molecular flexibility index (Phi) is 13.3. The van der Waals surface area contributed by atoms with Gasteiger partial charge in [-0.3, -0.25) is 0 Å². The molecule has 2 atom stereocenters. The molecular weight excluding hydrogens is 526 g/mol. The summed E-state index contributed by atoms with van der Waals surface area (Å²) in [5.74, 6) is -0.656. The highest BCUT2D eigenvalue weighted by molar-refractivity contribution is 6.77. The Labute approximate surface area is 240 Å². The number of carbonyl (C=O) groups is 2. The van der Waals surface area contributed by atoms with E-state index in [-0.39, 0.29) is 32.7 Å². The van der Waals surface area contributed by atoms with Crippen molar-refractivity contribution in [3.05, 3.63) is 71.8 Å². The molecule has 0 unspecified atom stereocenters. The number of aliphatic hydroxyl groups is 2. The molecule has 2 aromatic carbocycles. The third-order valence-electron chi connectivity index (χ3n) is 7.50. The molecule has 222 valence electrons. The van der Waals surface area contributed by atoms with E-state index in [0.717, 1.165) is 11.1 Å². The molecule has 0 aliphatic rings. The van der Waals surface area contributed by atoms with E-state index in [2.05, 4.69) is 46.9 Å². The van der Waals surface area contributed by atoms with E-state index in [1.807, 2.05) is 60.7 Å². The van der Waals surface area contributed by atoms with Gasteiger partial charge in [0.05, 0.1) is 13.2 Å². The van der Waals surface area contributed by atoms with Gasteiger partial charge in [0.15, 0.2) is 8.32 Å². The Bertz CT molecular complexity index is 1010.